The molecule has 84 valence electrons. The lowest BCUT2D eigenvalue weighted by molar-refractivity contribution is -0.159. The Kier molecular flexibility index (Phi) is 5.17. The summed E-state index contributed by atoms with van der Waals surface area (Å²) in [6.45, 7) is 12.0. The van der Waals surface area contributed by atoms with Crippen molar-refractivity contribution in [3.05, 3.63) is 0 Å². The van der Waals surface area contributed by atoms with Crippen molar-refractivity contribution in [1.29, 1.82) is 0 Å². The molecule has 0 radical (unpaired) electrons. The molecule has 0 N–H and O–H groups in total. The van der Waals surface area contributed by atoms with E-state index in [2.05, 4.69) is 13.8 Å². The Morgan fingerprint density at radius 1 is 1.14 bits per heavy atom. The minimum atomic E-state index is -0.358. The lowest BCUT2D eigenvalue weighted by atomic mass is 9.99. The molecule has 0 spiro atoms. The van der Waals surface area contributed by atoms with Crippen molar-refractivity contribution in [2.24, 2.45) is 11.8 Å². The predicted octanol–water partition coefficient (Wildman–Crippen LogP) is 3.40. The van der Waals surface area contributed by atoms with Crippen molar-refractivity contribution in [3.63, 3.8) is 0 Å². The lowest BCUT2D eigenvalue weighted by Crippen LogP contribution is -2.27. The van der Waals surface area contributed by atoms with Gasteiger partial charge < -0.3 is 4.74 Å². The predicted molar refractivity (Wildman–Crippen MR) is 59.1 cm³/mol. The van der Waals surface area contributed by atoms with Gasteiger partial charge in [-0.3, -0.25) is 4.79 Å². The zero-order chi connectivity index (χ0) is 11.4. The largest absolute Gasteiger partial charge is 0.460 e. The van der Waals surface area contributed by atoms with E-state index in [0.717, 1.165) is 12.8 Å². The normalized spacial score (nSPS) is 14.2. The van der Waals surface area contributed by atoms with Crippen LogP contribution in [-0.2, 0) is 9.53 Å². The van der Waals surface area contributed by atoms with E-state index in [-0.39, 0.29) is 17.5 Å². The average molecular weight is 200 g/mol. The summed E-state index contributed by atoms with van der Waals surface area (Å²) < 4.78 is 5.29. The number of ether oxygens (including phenoxy) is 1. The number of hydrogen-bond donors (Lipinski definition) is 0. The van der Waals surface area contributed by atoms with Crippen LogP contribution < -0.4 is 0 Å². The molecule has 0 aliphatic heterocycles. The van der Waals surface area contributed by atoms with Crippen molar-refractivity contribution in [3.8, 4) is 0 Å². The van der Waals surface area contributed by atoms with E-state index in [4.69, 9.17) is 4.74 Å². The lowest BCUT2D eigenvalue weighted by Gasteiger charge is -2.22. The van der Waals surface area contributed by atoms with Crippen LogP contribution in [-0.4, -0.2) is 11.6 Å². The maximum atomic E-state index is 11.5. The fraction of sp³-hybridized carbons (Fsp3) is 0.917. The van der Waals surface area contributed by atoms with E-state index in [9.17, 15) is 4.79 Å². The molecule has 0 aromatic carbocycles. The van der Waals surface area contributed by atoms with Crippen LogP contribution in [0.1, 0.15) is 54.4 Å². The van der Waals surface area contributed by atoms with E-state index in [1.807, 2.05) is 27.7 Å². The molecule has 0 rings (SSSR count). The van der Waals surface area contributed by atoms with Gasteiger partial charge in [0.05, 0.1) is 5.92 Å². The van der Waals surface area contributed by atoms with Gasteiger partial charge in [-0.2, -0.15) is 0 Å². The molecule has 0 aliphatic carbocycles. The first-order chi connectivity index (χ1) is 6.22. The summed E-state index contributed by atoms with van der Waals surface area (Å²) in [6, 6.07) is 0. The van der Waals surface area contributed by atoms with E-state index in [1.165, 1.54) is 0 Å². The van der Waals surface area contributed by atoms with Crippen molar-refractivity contribution in [1.82, 2.24) is 0 Å². The molecule has 0 amide bonds. The molecule has 2 nitrogen and oxygen atoms in total. The second-order valence-electron chi connectivity index (χ2n) is 5.41. The summed E-state index contributed by atoms with van der Waals surface area (Å²) in [4.78, 5) is 11.5. The van der Waals surface area contributed by atoms with Gasteiger partial charge in [-0.05, 0) is 33.1 Å². The van der Waals surface area contributed by atoms with Crippen LogP contribution >= 0.6 is 0 Å². The number of esters is 1. The second kappa shape index (κ2) is 5.38. The average Bonchev–Trinajstić information content (AvgIpc) is 1.96. The molecule has 0 fully saturated rings. The van der Waals surface area contributed by atoms with Gasteiger partial charge in [0.25, 0.3) is 0 Å². The Bertz CT molecular complexity index is 177. The molecule has 0 bridgehead atoms. The molecule has 0 aromatic heterocycles. The Morgan fingerprint density at radius 2 is 1.64 bits per heavy atom. The maximum absolute atomic E-state index is 11.5. The van der Waals surface area contributed by atoms with Gasteiger partial charge in [-0.15, -0.1) is 0 Å². The minimum absolute atomic E-state index is 0.0247. The van der Waals surface area contributed by atoms with Gasteiger partial charge in [-0.25, -0.2) is 0 Å². The first-order valence-electron chi connectivity index (χ1n) is 5.45. The van der Waals surface area contributed by atoms with Gasteiger partial charge in [0, 0.05) is 0 Å². The first-order valence-corrected chi connectivity index (χ1v) is 5.45. The molecule has 0 unspecified atom stereocenters. The first kappa shape index (κ1) is 13.5. The number of carbonyl (C=O) groups excluding carboxylic acids is 1. The number of rotatable bonds is 4. The summed E-state index contributed by atoms with van der Waals surface area (Å²) >= 11 is 0. The summed E-state index contributed by atoms with van der Waals surface area (Å²) in [5, 5.41) is 0. The van der Waals surface area contributed by atoms with Gasteiger partial charge in [0.15, 0.2) is 0 Å². The standard InChI is InChI=1S/C12H24O2/c1-9(2)7-8-10(3)11(13)14-12(4,5)6/h9-10H,7-8H2,1-6H3/t10-/m0/s1. The van der Waals surface area contributed by atoms with Gasteiger partial charge >= 0.3 is 5.97 Å². The SMILES string of the molecule is CC(C)CC[C@H](C)C(=O)OC(C)(C)C. The summed E-state index contributed by atoms with van der Waals surface area (Å²) in [5.41, 5.74) is -0.358. The molecule has 0 aromatic rings. The van der Waals surface area contributed by atoms with Crippen LogP contribution in [0.5, 0.6) is 0 Å². The Hall–Kier alpha value is -0.530. The van der Waals surface area contributed by atoms with E-state index < -0.39 is 0 Å². The van der Waals surface area contributed by atoms with E-state index in [0.29, 0.717) is 5.92 Å². The Morgan fingerprint density at radius 3 is 2.00 bits per heavy atom. The molecule has 2 heteroatoms. The molecular formula is C12H24O2. The quantitative estimate of drug-likeness (QED) is 0.650. The van der Waals surface area contributed by atoms with E-state index in [1.54, 1.807) is 0 Å². The zero-order valence-electron chi connectivity index (χ0n) is 10.4. The topological polar surface area (TPSA) is 26.3 Å². The van der Waals surface area contributed by atoms with Crippen LogP contribution in [0.25, 0.3) is 0 Å². The van der Waals surface area contributed by atoms with Crippen molar-refractivity contribution < 1.29 is 9.53 Å². The monoisotopic (exact) mass is 200 g/mol. The number of hydrogen-bond acceptors (Lipinski definition) is 2. The Labute approximate surface area is 88.0 Å². The van der Waals surface area contributed by atoms with Crippen molar-refractivity contribution in [2.45, 2.75) is 60.0 Å². The fourth-order valence-electron chi connectivity index (χ4n) is 1.10. The number of carbonyl (C=O) groups is 1. The summed E-state index contributed by atoms with van der Waals surface area (Å²) in [5.74, 6) is 0.606. The fourth-order valence-corrected chi connectivity index (χ4v) is 1.10. The smallest absolute Gasteiger partial charge is 0.309 e. The molecule has 0 saturated heterocycles. The van der Waals surface area contributed by atoms with Gasteiger partial charge in [0.1, 0.15) is 5.60 Å². The maximum Gasteiger partial charge on any atom is 0.309 e. The van der Waals surface area contributed by atoms with Gasteiger partial charge in [0.2, 0.25) is 0 Å². The van der Waals surface area contributed by atoms with E-state index >= 15 is 0 Å². The van der Waals surface area contributed by atoms with Crippen LogP contribution in [0, 0.1) is 11.8 Å². The van der Waals surface area contributed by atoms with Crippen LogP contribution in [0.3, 0.4) is 0 Å². The second-order valence-corrected chi connectivity index (χ2v) is 5.41. The minimum Gasteiger partial charge on any atom is -0.460 e. The zero-order valence-corrected chi connectivity index (χ0v) is 10.4. The van der Waals surface area contributed by atoms with Crippen molar-refractivity contribution >= 4 is 5.97 Å². The molecule has 0 heterocycles. The molecule has 14 heavy (non-hydrogen) atoms. The Balaban J connectivity index is 3.88. The highest BCUT2D eigenvalue weighted by molar-refractivity contribution is 5.72. The highest BCUT2D eigenvalue weighted by Gasteiger charge is 2.21. The highest BCUT2D eigenvalue weighted by atomic mass is 16.6. The van der Waals surface area contributed by atoms with Crippen LogP contribution in [0.4, 0.5) is 0 Å². The van der Waals surface area contributed by atoms with Gasteiger partial charge in [-0.1, -0.05) is 27.2 Å². The third-order valence-corrected chi connectivity index (χ3v) is 1.99. The highest BCUT2D eigenvalue weighted by Crippen LogP contribution is 2.16. The van der Waals surface area contributed by atoms with Crippen molar-refractivity contribution in [2.75, 3.05) is 0 Å². The summed E-state index contributed by atoms with van der Waals surface area (Å²) in [7, 11) is 0. The third-order valence-electron chi connectivity index (χ3n) is 1.99. The molecule has 0 saturated carbocycles. The summed E-state index contributed by atoms with van der Waals surface area (Å²) in [6.07, 6.45) is 2.01. The third kappa shape index (κ3) is 6.93. The van der Waals surface area contributed by atoms with Crippen LogP contribution in [0.15, 0.2) is 0 Å². The molecule has 1 atom stereocenters. The van der Waals surface area contributed by atoms with Crippen LogP contribution in [0.2, 0.25) is 0 Å². The molecule has 0 aliphatic rings. The molecular weight excluding hydrogens is 176 g/mol.